The first-order chi connectivity index (χ1) is 9.65. The number of aryl methyl sites for hydroxylation is 1. The Hall–Kier alpha value is -2.17. The third-order valence-electron chi connectivity index (χ3n) is 3.86. The maximum absolute atomic E-state index is 12.2. The van der Waals surface area contributed by atoms with Crippen molar-refractivity contribution in [2.45, 2.75) is 38.5 Å². The second-order valence-corrected chi connectivity index (χ2v) is 5.35. The SMILES string of the molecule is Cc1ccnc(-c2nc(O)c(C3CCCC3)c(=O)[nH]2)c1. The van der Waals surface area contributed by atoms with Crippen LogP contribution in [0.25, 0.3) is 11.5 Å². The van der Waals surface area contributed by atoms with Gasteiger partial charge in [-0.1, -0.05) is 12.8 Å². The van der Waals surface area contributed by atoms with Crippen molar-refractivity contribution in [3.05, 3.63) is 39.8 Å². The van der Waals surface area contributed by atoms with Gasteiger partial charge in [0.05, 0.1) is 5.56 Å². The van der Waals surface area contributed by atoms with Gasteiger partial charge in [-0.3, -0.25) is 9.78 Å². The number of pyridine rings is 1. The third-order valence-corrected chi connectivity index (χ3v) is 3.86. The molecule has 1 fully saturated rings. The summed E-state index contributed by atoms with van der Waals surface area (Å²) in [7, 11) is 0. The Labute approximate surface area is 116 Å². The number of aromatic amines is 1. The van der Waals surface area contributed by atoms with Gasteiger partial charge in [0, 0.05) is 6.20 Å². The van der Waals surface area contributed by atoms with Gasteiger partial charge in [0.2, 0.25) is 5.88 Å². The lowest BCUT2D eigenvalue weighted by Crippen LogP contribution is -2.17. The Kier molecular flexibility index (Phi) is 3.26. The van der Waals surface area contributed by atoms with Crippen LogP contribution in [0, 0.1) is 6.92 Å². The van der Waals surface area contributed by atoms with Crippen LogP contribution < -0.4 is 5.56 Å². The average molecular weight is 271 g/mol. The minimum Gasteiger partial charge on any atom is -0.493 e. The van der Waals surface area contributed by atoms with Gasteiger partial charge >= 0.3 is 0 Å². The van der Waals surface area contributed by atoms with Crippen LogP contribution in [0.1, 0.15) is 42.7 Å². The van der Waals surface area contributed by atoms with E-state index in [4.69, 9.17) is 0 Å². The van der Waals surface area contributed by atoms with Gasteiger partial charge in [0.25, 0.3) is 5.56 Å². The minimum absolute atomic E-state index is 0.130. The van der Waals surface area contributed by atoms with E-state index in [1.165, 1.54) is 0 Å². The number of H-pyrrole nitrogens is 1. The first-order valence-corrected chi connectivity index (χ1v) is 6.91. The number of nitrogens with zero attached hydrogens (tertiary/aromatic N) is 2. The topological polar surface area (TPSA) is 78.9 Å². The predicted molar refractivity (Wildman–Crippen MR) is 75.7 cm³/mol. The number of hydrogen-bond donors (Lipinski definition) is 2. The maximum Gasteiger partial charge on any atom is 0.258 e. The molecule has 0 aromatic carbocycles. The van der Waals surface area contributed by atoms with Crippen LogP contribution in [0.5, 0.6) is 5.88 Å². The van der Waals surface area contributed by atoms with Crippen molar-refractivity contribution in [3.8, 4) is 17.4 Å². The van der Waals surface area contributed by atoms with Crippen LogP contribution in [0.4, 0.5) is 0 Å². The molecule has 20 heavy (non-hydrogen) atoms. The molecule has 0 spiro atoms. The lowest BCUT2D eigenvalue weighted by atomic mass is 10.00. The van der Waals surface area contributed by atoms with Crippen molar-refractivity contribution in [1.29, 1.82) is 0 Å². The Balaban J connectivity index is 2.05. The zero-order valence-corrected chi connectivity index (χ0v) is 11.4. The van der Waals surface area contributed by atoms with Crippen molar-refractivity contribution in [3.63, 3.8) is 0 Å². The molecule has 104 valence electrons. The van der Waals surface area contributed by atoms with E-state index in [2.05, 4.69) is 15.0 Å². The number of rotatable bonds is 2. The van der Waals surface area contributed by atoms with E-state index in [1.807, 2.05) is 19.1 Å². The minimum atomic E-state index is -0.247. The fraction of sp³-hybridized carbons (Fsp3) is 0.400. The summed E-state index contributed by atoms with van der Waals surface area (Å²) in [6.07, 6.45) is 5.75. The fourth-order valence-corrected chi connectivity index (χ4v) is 2.84. The summed E-state index contributed by atoms with van der Waals surface area (Å²) < 4.78 is 0. The van der Waals surface area contributed by atoms with Crippen LogP contribution in [0.3, 0.4) is 0 Å². The van der Waals surface area contributed by atoms with E-state index >= 15 is 0 Å². The third kappa shape index (κ3) is 2.31. The van der Waals surface area contributed by atoms with Gasteiger partial charge < -0.3 is 10.1 Å². The maximum atomic E-state index is 12.2. The summed E-state index contributed by atoms with van der Waals surface area (Å²) in [6, 6.07) is 3.70. The molecule has 0 radical (unpaired) electrons. The normalized spacial score (nSPS) is 15.7. The fourth-order valence-electron chi connectivity index (χ4n) is 2.84. The van der Waals surface area contributed by atoms with Crippen molar-refractivity contribution in [1.82, 2.24) is 15.0 Å². The molecule has 0 amide bonds. The highest BCUT2D eigenvalue weighted by Crippen LogP contribution is 2.35. The number of hydrogen-bond acceptors (Lipinski definition) is 4. The molecule has 0 aliphatic heterocycles. The standard InChI is InChI=1S/C15H17N3O2/c1-9-6-7-16-11(8-9)13-17-14(19)12(15(20)18-13)10-4-2-3-5-10/h6-8,10H,2-5H2,1H3,(H2,17,18,19,20). The summed E-state index contributed by atoms with van der Waals surface area (Å²) in [4.78, 5) is 23.3. The van der Waals surface area contributed by atoms with Gasteiger partial charge in [-0.2, -0.15) is 4.98 Å². The van der Waals surface area contributed by atoms with Crippen LogP contribution in [0.2, 0.25) is 0 Å². The molecule has 2 heterocycles. The average Bonchev–Trinajstić information content (AvgIpc) is 2.91. The van der Waals surface area contributed by atoms with E-state index in [1.54, 1.807) is 6.20 Å². The van der Waals surface area contributed by atoms with Gasteiger partial charge in [-0.25, -0.2) is 0 Å². The molecule has 5 heteroatoms. The molecule has 2 N–H and O–H groups in total. The smallest absolute Gasteiger partial charge is 0.258 e. The summed E-state index contributed by atoms with van der Waals surface area (Å²) in [6.45, 7) is 1.94. The Morgan fingerprint density at radius 2 is 2.10 bits per heavy atom. The molecule has 5 nitrogen and oxygen atoms in total. The highest BCUT2D eigenvalue weighted by molar-refractivity contribution is 5.51. The lowest BCUT2D eigenvalue weighted by Gasteiger charge is -2.10. The van der Waals surface area contributed by atoms with E-state index in [-0.39, 0.29) is 17.4 Å². The van der Waals surface area contributed by atoms with Crippen molar-refractivity contribution >= 4 is 0 Å². The monoisotopic (exact) mass is 271 g/mol. The van der Waals surface area contributed by atoms with Crippen LogP contribution in [0.15, 0.2) is 23.1 Å². The summed E-state index contributed by atoms with van der Waals surface area (Å²) in [5.74, 6) is 0.294. The first kappa shape index (κ1) is 12.8. The van der Waals surface area contributed by atoms with Crippen LogP contribution >= 0.6 is 0 Å². The molecule has 2 aromatic rings. The molecule has 0 bridgehead atoms. The molecule has 0 saturated heterocycles. The number of aromatic nitrogens is 3. The molecule has 0 unspecified atom stereocenters. The van der Waals surface area contributed by atoms with Crippen LogP contribution in [-0.2, 0) is 0 Å². The zero-order valence-electron chi connectivity index (χ0n) is 11.4. The van der Waals surface area contributed by atoms with E-state index in [9.17, 15) is 9.90 Å². The second kappa shape index (κ2) is 5.07. The van der Waals surface area contributed by atoms with Gasteiger partial charge in [-0.05, 0) is 43.4 Å². The summed E-state index contributed by atoms with van der Waals surface area (Å²) in [5.41, 5.74) is 1.77. The zero-order chi connectivity index (χ0) is 14.1. The largest absolute Gasteiger partial charge is 0.493 e. The number of nitrogens with one attached hydrogen (secondary N) is 1. The molecule has 2 aromatic heterocycles. The molecule has 1 saturated carbocycles. The molecule has 0 atom stereocenters. The quantitative estimate of drug-likeness (QED) is 0.879. The Morgan fingerprint density at radius 1 is 1.35 bits per heavy atom. The first-order valence-electron chi connectivity index (χ1n) is 6.91. The van der Waals surface area contributed by atoms with Crippen molar-refractivity contribution in [2.24, 2.45) is 0 Å². The van der Waals surface area contributed by atoms with Gasteiger partial charge in [-0.15, -0.1) is 0 Å². The predicted octanol–water partition coefficient (Wildman–Crippen LogP) is 2.50. The highest BCUT2D eigenvalue weighted by Gasteiger charge is 2.24. The molecular weight excluding hydrogens is 254 g/mol. The van der Waals surface area contributed by atoms with Crippen LogP contribution in [-0.4, -0.2) is 20.1 Å². The Bertz CT molecular complexity index is 688. The highest BCUT2D eigenvalue weighted by atomic mass is 16.3. The Morgan fingerprint density at radius 3 is 2.75 bits per heavy atom. The molecular formula is C15H17N3O2. The second-order valence-electron chi connectivity index (χ2n) is 5.35. The summed E-state index contributed by atoms with van der Waals surface area (Å²) in [5, 5.41) is 10.1. The van der Waals surface area contributed by atoms with Gasteiger partial charge in [0.1, 0.15) is 5.69 Å². The van der Waals surface area contributed by atoms with E-state index < -0.39 is 0 Å². The molecule has 1 aliphatic carbocycles. The summed E-state index contributed by atoms with van der Waals surface area (Å²) >= 11 is 0. The van der Waals surface area contributed by atoms with Gasteiger partial charge in [0.15, 0.2) is 5.82 Å². The van der Waals surface area contributed by atoms with Crippen molar-refractivity contribution in [2.75, 3.05) is 0 Å². The number of aromatic hydroxyl groups is 1. The molecule has 3 rings (SSSR count). The van der Waals surface area contributed by atoms with E-state index in [0.29, 0.717) is 17.1 Å². The molecule has 1 aliphatic rings. The lowest BCUT2D eigenvalue weighted by molar-refractivity contribution is 0.436. The van der Waals surface area contributed by atoms with Crippen molar-refractivity contribution < 1.29 is 5.11 Å². The van der Waals surface area contributed by atoms with E-state index in [0.717, 1.165) is 31.2 Å².